The van der Waals surface area contributed by atoms with Crippen molar-refractivity contribution < 1.29 is 9.90 Å². The summed E-state index contributed by atoms with van der Waals surface area (Å²) in [7, 11) is 0. The smallest absolute Gasteiger partial charge is 0.159 e. The van der Waals surface area contributed by atoms with Gasteiger partial charge in [0.05, 0.1) is 5.76 Å². The van der Waals surface area contributed by atoms with Crippen LogP contribution in [0.5, 0.6) is 0 Å². The van der Waals surface area contributed by atoms with Crippen molar-refractivity contribution in [2.45, 2.75) is 26.7 Å². The van der Waals surface area contributed by atoms with Gasteiger partial charge >= 0.3 is 0 Å². The molecule has 0 aromatic heterocycles. The SMILES string of the molecule is CC(C)CC1CC(=O)C=C1O. The molecule has 1 N–H and O–H groups in total. The van der Waals surface area contributed by atoms with Crippen LogP contribution < -0.4 is 0 Å². The van der Waals surface area contributed by atoms with Crippen LogP contribution in [0.4, 0.5) is 0 Å². The van der Waals surface area contributed by atoms with Gasteiger partial charge in [0, 0.05) is 18.4 Å². The largest absolute Gasteiger partial charge is 0.512 e. The average Bonchev–Trinajstić information content (AvgIpc) is 2.09. The highest BCUT2D eigenvalue weighted by molar-refractivity contribution is 5.92. The molecule has 0 aliphatic heterocycles. The normalized spacial score (nSPS) is 24.5. The molecule has 0 saturated carbocycles. The minimum Gasteiger partial charge on any atom is -0.512 e. The maximum Gasteiger partial charge on any atom is 0.159 e. The summed E-state index contributed by atoms with van der Waals surface area (Å²) >= 11 is 0. The highest BCUT2D eigenvalue weighted by Crippen LogP contribution is 2.27. The Bertz CT molecular complexity index is 192. The van der Waals surface area contributed by atoms with Gasteiger partial charge in [-0.2, -0.15) is 0 Å². The average molecular weight is 154 g/mol. The van der Waals surface area contributed by atoms with Crippen LogP contribution in [0.2, 0.25) is 0 Å². The van der Waals surface area contributed by atoms with Gasteiger partial charge in [-0.25, -0.2) is 0 Å². The fraction of sp³-hybridized carbons (Fsp3) is 0.667. The van der Waals surface area contributed by atoms with E-state index in [1.54, 1.807) is 0 Å². The van der Waals surface area contributed by atoms with E-state index in [9.17, 15) is 9.90 Å². The monoisotopic (exact) mass is 154 g/mol. The topological polar surface area (TPSA) is 37.3 Å². The second-order valence-corrected chi connectivity index (χ2v) is 3.57. The van der Waals surface area contributed by atoms with Gasteiger partial charge in [-0.15, -0.1) is 0 Å². The molecule has 0 aromatic carbocycles. The van der Waals surface area contributed by atoms with Crippen LogP contribution in [-0.4, -0.2) is 10.9 Å². The summed E-state index contributed by atoms with van der Waals surface area (Å²) in [5.41, 5.74) is 0. The van der Waals surface area contributed by atoms with E-state index in [4.69, 9.17) is 0 Å². The molecule has 0 aromatic rings. The zero-order valence-electron chi connectivity index (χ0n) is 7.00. The lowest BCUT2D eigenvalue weighted by molar-refractivity contribution is -0.114. The summed E-state index contributed by atoms with van der Waals surface area (Å²) in [6.07, 6.45) is 2.77. The molecule has 62 valence electrons. The van der Waals surface area contributed by atoms with Gasteiger partial charge in [0.1, 0.15) is 0 Å². The maximum absolute atomic E-state index is 10.8. The van der Waals surface area contributed by atoms with Crippen molar-refractivity contribution in [2.24, 2.45) is 11.8 Å². The molecule has 11 heavy (non-hydrogen) atoms. The van der Waals surface area contributed by atoms with E-state index in [1.807, 2.05) is 0 Å². The maximum atomic E-state index is 10.8. The molecule has 0 heterocycles. The predicted octanol–water partition coefficient (Wildman–Crippen LogP) is 2.06. The summed E-state index contributed by atoms with van der Waals surface area (Å²) in [4.78, 5) is 10.8. The zero-order valence-corrected chi connectivity index (χ0v) is 7.00. The minimum absolute atomic E-state index is 0.0631. The van der Waals surface area contributed by atoms with Crippen molar-refractivity contribution in [1.29, 1.82) is 0 Å². The lowest BCUT2D eigenvalue weighted by atomic mass is 9.96. The molecule has 0 fully saturated rings. The highest BCUT2D eigenvalue weighted by Gasteiger charge is 2.24. The van der Waals surface area contributed by atoms with Crippen molar-refractivity contribution in [3.8, 4) is 0 Å². The molecule has 0 radical (unpaired) electrons. The lowest BCUT2D eigenvalue weighted by Gasteiger charge is -2.11. The molecule has 1 aliphatic carbocycles. The molecular formula is C9H14O2. The number of carbonyl (C=O) groups excluding carboxylic acids is 1. The fourth-order valence-corrected chi connectivity index (χ4v) is 1.46. The molecule has 0 spiro atoms. The molecule has 0 saturated heterocycles. The lowest BCUT2D eigenvalue weighted by Crippen LogP contribution is -2.04. The number of hydrogen-bond donors (Lipinski definition) is 1. The number of carbonyl (C=O) groups is 1. The van der Waals surface area contributed by atoms with Crippen molar-refractivity contribution in [1.82, 2.24) is 0 Å². The molecule has 2 heteroatoms. The summed E-state index contributed by atoms with van der Waals surface area (Å²) in [5.74, 6) is 0.987. The van der Waals surface area contributed by atoms with Crippen LogP contribution in [0.15, 0.2) is 11.8 Å². The Morgan fingerprint density at radius 2 is 2.36 bits per heavy atom. The Balaban J connectivity index is 2.50. The van der Waals surface area contributed by atoms with Crippen molar-refractivity contribution in [3.05, 3.63) is 11.8 Å². The molecule has 2 nitrogen and oxygen atoms in total. The minimum atomic E-state index is 0.0631. The van der Waals surface area contributed by atoms with Gasteiger partial charge in [0.25, 0.3) is 0 Å². The summed E-state index contributed by atoms with van der Waals surface area (Å²) in [6, 6.07) is 0. The Labute approximate surface area is 66.9 Å². The van der Waals surface area contributed by atoms with Crippen LogP contribution >= 0.6 is 0 Å². The summed E-state index contributed by atoms with van der Waals surface area (Å²) in [5, 5.41) is 9.25. The van der Waals surface area contributed by atoms with E-state index >= 15 is 0 Å². The predicted molar refractivity (Wildman–Crippen MR) is 43.3 cm³/mol. The van der Waals surface area contributed by atoms with E-state index in [1.165, 1.54) is 6.08 Å². The number of rotatable bonds is 2. The standard InChI is InChI=1S/C9H14O2/c1-6(2)3-7-4-8(10)5-9(7)11/h5-7,11H,3-4H2,1-2H3. The van der Waals surface area contributed by atoms with Crippen LogP contribution in [0, 0.1) is 11.8 Å². The van der Waals surface area contributed by atoms with Gasteiger partial charge < -0.3 is 5.11 Å². The van der Waals surface area contributed by atoms with E-state index in [0.717, 1.165) is 6.42 Å². The zero-order chi connectivity index (χ0) is 8.43. The van der Waals surface area contributed by atoms with Gasteiger partial charge in [-0.3, -0.25) is 4.79 Å². The summed E-state index contributed by atoms with van der Waals surface area (Å²) < 4.78 is 0. The Morgan fingerprint density at radius 3 is 2.73 bits per heavy atom. The Morgan fingerprint density at radius 1 is 1.73 bits per heavy atom. The van der Waals surface area contributed by atoms with Gasteiger partial charge in [-0.05, 0) is 12.3 Å². The first-order chi connectivity index (χ1) is 5.09. The number of hydrogen-bond acceptors (Lipinski definition) is 2. The third kappa shape index (κ3) is 2.07. The number of aliphatic hydroxyl groups excluding tert-OH is 1. The number of ketones is 1. The van der Waals surface area contributed by atoms with Crippen LogP contribution in [-0.2, 0) is 4.79 Å². The van der Waals surface area contributed by atoms with Crippen LogP contribution in [0.3, 0.4) is 0 Å². The van der Waals surface area contributed by atoms with Crippen molar-refractivity contribution in [2.75, 3.05) is 0 Å². The van der Waals surface area contributed by atoms with E-state index < -0.39 is 0 Å². The molecule has 0 bridgehead atoms. The Hall–Kier alpha value is -0.790. The molecule has 1 unspecified atom stereocenters. The molecule has 1 rings (SSSR count). The van der Waals surface area contributed by atoms with Gasteiger partial charge in [0.2, 0.25) is 0 Å². The van der Waals surface area contributed by atoms with Crippen LogP contribution in [0.1, 0.15) is 26.7 Å². The Kier molecular flexibility index (Phi) is 2.32. The number of allylic oxidation sites excluding steroid dienone is 2. The molecular weight excluding hydrogens is 140 g/mol. The van der Waals surface area contributed by atoms with E-state index in [2.05, 4.69) is 13.8 Å². The van der Waals surface area contributed by atoms with E-state index in [0.29, 0.717) is 12.3 Å². The highest BCUT2D eigenvalue weighted by atomic mass is 16.3. The summed E-state index contributed by atoms with van der Waals surface area (Å²) in [6.45, 7) is 4.19. The second-order valence-electron chi connectivity index (χ2n) is 3.57. The number of aliphatic hydroxyl groups is 1. The fourth-order valence-electron chi connectivity index (χ4n) is 1.46. The molecule has 1 aliphatic rings. The van der Waals surface area contributed by atoms with Crippen molar-refractivity contribution >= 4 is 5.78 Å². The quantitative estimate of drug-likeness (QED) is 0.661. The second kappa shape index (κ2) is 3.07. The first-order valence-electron chi connectivity index (χ1n) is 4.03. The first-order valence-corrected chi connectivity index (χ1v) is 4.03. The van der Waals surface area contributed by atoms with E-state index in [-0.39, 0.29) is 17.5 Å². The third-order valence-electron chi connectivity index (χ3n) is 1.93. The first kappa shape index (κ1) is 8.31. The van der Waals surface area contributed by atoms with Gasteiger partial charge in [0.15, 0.2) is 5.78 Å². The third-order valence-corrected chi connectivity index (χ3v) is 1.93. The van der Waals surface area contributed by atoms with Crippen molar-refractivity contribution in [3.63, 3.8) is 0 Å². The molecule has 1 atom stereocenters. The van der Waals surface area contributed by atoms with Gasteiger partial charge in [-0.1, -0.05) is 13.8 Å². The molecule has 0 amide bonds. The van der Waals surface area contributed by atoms with Crippen LogP contribution in [0.25, 0.3) is 0 Å².